The second-order valence-corrected chi connectivity index (χ2v) is 13.3. The maximum Gasteiger partial charge on any atom is 0.143 e. The fraction of sp³-hybridized carbons (Fsp3) is 0. The molecule has 0 spiro atoms. The van der Waals surface area contributed by atoms with Crippen LogP contribution in [-0.4, -0.2) is 0 Å². The molecule has 9 aromatic carbocycles. The van der Waals surface area contributed by atoms with Gasteiger partial charge in [-0.1, -0.05) is 164 Å². The largest absolute Gasteiger partial charge is 0.455 e. The van der Waals surface area contributed by atoms with Gasteiger partial charge in [0.25, 0.3) is 0 Å². The van der Waals surface area contributed by atoms with Gasteiger partial charge in [-0.2, -0.15) is 0 Å². The number of para-hydroxylation sites is 2. The Morgan fingerprint density at radius 1 is 0.308 bits per heavy atom. The number of anilines is 3. The molecule has 52 heavy (non-hydrogen) atoms. The summed E-state index contributed by atoms with van der Waals surface area (Å²) in [6.07, 6.45) is 0. The molecule has 0 unspecified atom stereocenters. The van der Waals surface area contributed by atoms with Gasteiger partial charge < -0.3 is 9.32 Å². The molecule has 1 aromatic heterocycles. The summed E-state index contributed by atoms with van der Waals surface area (Å²) in [5.41, 5.74) is 12.0. The van der Waals surface area contributed by atoms with Crippen LogP contribution >= 0.6 is 0 Å². The van der Waals surface area contributed by atoms with Gasteiger partial charge in [-0.25, -0.2) is 0 Å². The van der Waals surface area contributed by atoms with E-state index in [0.717, 1.165) is 55.5 Å². The maximum atomic E-state index is 6.86. The molecule has 0 aliphatic heterocycles. The minimum atomic E-state index is 0.894. The lowest BCUT2D eigenvalue weighted by Gasteiger charge is -2.28. The molecule has 10 aromatic rings. The molecule has 0 aliphatic carbocycles. The molecule has 0 saturated carbocycles. The highest BCUT2D eigenvalue weighted by molar-refractivity contribution is 6.17. The van der Waals surface area contributed by atoms with Gasteiger partial charge in [-0.3, -0.25) is 0 Å². The van der Waals surface area contributed by atoms with E-state index < -0.39 is 0 Å². The van der Waals surface area contributed by atoms with Crippen LogP contribution in [0.15, 0.2) is 205 Å². The molecule has 0 fully saturated rings. The highest BCUT2D eigenvalue weighted by Gasteiger charge is 2.21. The Balaban J connectivity index is 1.19. The van der Waals surface area contributed by atoms with Crippen LogP contribution in [0.1, 0.15) is 0 Å². The van der Waals surface area contributed by atoms with E-state index >= 15 is 0 Å². The minimum absolute atomic E-state index is 0.894. The minimum Gasteiger partial charge on any atom is -0.455 e. The Kier molecular flexibility index (Phi) is 7.18. The first-order valence-electron chi connectivity index (χ1n) is 17.8. The van der Waals surface area contributed by atoms with Gasteiger partial charge >= 0.3 is 0 Å². The predicted octanol–water partition coefficient (Wildman–Crippen LogP) is 14.4. The summed E-state index contributed by atoms with van der Waals surface area (Å²) >= 11 is 0. The third-order valence-corrected chi connectivity index (χ3v) is 10.3. The summed E-state index contributed by atoms with van der Waals surface area (Å²) in [4.78, 5) is 2.38. The highest BCUT2D eigenvalue weighted by Crippen LogP contribution is 2.46. The fourth-order valence-electron chi connectivity index (χ4n) is 7.79. The second kappa shape index (κ2) is 12.5. The summed E-state index contributed by atoms with van der Waals surface area (Å²) < 4.78 is 6.86. The molecule has 0 radical (unpaired) electrons. The predicted molar refractivity (Wildman–Crippen MR) is 220 cm³/mol. The third kappa shape index (κ3) is 5.04. The molecule has 0 atom stereocenters. The monoisotopic (exact) mass is 663 g/mol. The molecule has 244 valence electrons. The van der Waals surface area contributed by atoms with Gasteiger partial charge in [0.05, 0.1) is 5.69 Å². The van der Waals surface area contributed by atoms with Crippen molar-refractivity contribution in [2.75, 3.05) is 4.90 Å². The molecule has 0 amide bonds. The van der Waals surface area contributed by atoms with E-state index in [4.69, 9.17) is 4.42 Å². The topological polar surface area (TPSA) is 16.4 Å². The molecule has 10 rings (SSSR count). The first-order chi connectivity index (χ1) is 25.8. The number of nitrogens with zero attached hydrogens (tertiary/aromatic N) is 1. The summed E-state index contributed by atoms with van der Waals surface area (Å²) in [7, 11) is 0. The van der Waals surface area contributed by atoms with Crippen molar-refractivity contribution in [3.63, 3.8) is 0 Å². The molecule has 2 heteroatoms. The number of hydrogen-bond donors (Lipinski definition) is 0. The lowest BCUT2D eigenvalue weighted by atomic mass is 9.96. The van der Waals surface area contributed by atoms with Crippen LogP contribution in [0.25, 0.3) is 76.9 Å². The first kappa shape index (κ1) is 30.0. The maximum absolute atomic E-state index is 6.86. The SMILES string of the molecule is c1ccc(-c2ccc(N(c3cccc(-c4cccc5ccccc45)c3)c3ccccc3-c3cccc4c3oc3c5ccccc5ccc43)cc2)cc1. The van der Waals surface area contributed by atoms with Crippen molar-refractivity contribution >= 4 is 60.5 Å². The van der Waals surface area contributed by atoms with Crippen LogP contribution in [0.5, 0.6) is 0 Å². The zero-order chi connectivity index (χ0) is 34.4. The quantitative estimate of drug-likeness (QED) is 0.176. The van der Waals surface area contributed by atoms with Gasteiger partial charge in [0.15, 0.2) is 0 Å². The van der Waals surface area contributed by atoms with Crippen molar-refractivity contribution < 1.29 is 4.42 Å². The van der Waals surface area contributed by atoms with Crippen molar-refractivity contribution in [2.24, 2.45) is 0 Å². The first-order valence-corrected chi connectivity index (χ1v) is 17.8. The standard InChI is InChI=1S/C50H33NO/c1-2-13-34(14-3-1)35-27-30-39(31-28-35)51(40-19-10-18-38(33-40)42-23-11-17-36-15-4-6-20-41(36)42)48-26-9-8-22-44(48)45-24-12-25-46-47-32-29-37-16-5-7-21-43(37)49(47)52-50(45)46/h1-33H. The van der Waals surface area contributed by atoms with Gasteiger partial charge in [0, 0.05) is 38.7 Å². The number of benzene rings is 9. The van der Waals surface area contributed by atoms with E-state index in [1.54, 1.807) is 0 Å². The Morgan fingerprint density at radius 3 is 1.75 bits per heavy atom. The average molecular weight is 664 g/mol. The Bertz CT molecular complexity index is 2900. The smallest absolute Gasteiger partial charge is 0.143 e. The van der Waals surface area contributed by atoms with Crippen molar-refractivity contribution in [3.8, 4) is 33.4 Å². The summed E-state index contributed by atoms with van der Waals surface area (Å²) in [6, 6.07) is 71.6. The molecular formula is C50H33NO. The lowest BCUT2D eigenvalue weighted by molar-refractivity contribution is 0.674. The van der Waals surface area contributed by atoms with E-state index in [-0.39, 0.29) is 0 Å². The van der Waals surface area contributed by atoms with Gasteiger partial charge in [0.1, 0.15) is 11.2 Å². The van der Waals surface area contributed by atoms with Gasteiger partial charge in [0.2, 0.25) is 0 Å². The van der Waals surface area contributed by atoms with Crippen LogP contribution in [0.2, 0.25) is 0 Å². The van der Waals surface area contributed by atoms with E-state index in [9.17, 15) is 0 Å². The van der Waals surface area contributed by atoms with E-state index in [1.165, 1.54) is 38.4 Å². The molecule has 0 N–H and O–H groups in total. The number of rotatable bonds is 6. The Hall–Kier alpha value is -6.90. The summed E-state index contributed by atoms with van der Waals surface area (Å²) in [5.74, 6) is 0. The average Bonchev–Trinajstić information content (AvgIpc) is 3.61. The molecule has 1 heterocycles. The van der Waals surface area contributed by atoms with Crippen molar-refractivity contribution in [1.82, 2.24) is 0 Å². The normalized spacial score (nSPS) is 11.5. The van der Waals surface area contributed by atoms with E-state index in [2.05, 4.69) is 205 Å². The van der Waals surface area contributed by atoms with E-state index in [0.29, 0.717) is 0 Å². The van der Waals surface area contributed by atoms with Crippen molar-refractivity contribution in [3.05, 3.63) is 200 Å². The van der Waals surface area contributed by atoms with Crippen LogP contribution < -0.4 is 4.90 Å². The van der Waals surface area contributed by atoms with Gasteiger partial charge in [-0.15, -0.1) is 0 Å². The van der Waals surface area contributed by atoms with Crippen LogP contribution in [0.4, 0.5) is 17.1 Å². The van der Waals surface area contributed by atoms with E-state index in [1.807, 2.05) is 0 Å². The van der Waals surface area contributed by atoms with Crippen LogP contribution in [-0.2, 0) is 0 Å². The summed E-state index contributed by atoms with van der Waals surface area (Å²) in [5, 5.41) is 7.02. The molecule has 2 nitrogen and oxygen atoms in total. The second-order valence-electron chi connectivity index (χ2n) is 13.3. The zero-order valence-corrected chi connectivity index (χ0v) is 28.4. The van der Waals surface area contributed by atoms with Crippen LogP contribution in [0.3, 0.4) is 0 Å². The fourth-order valence-corrected chi connectivity index (χ4v) is 7.79. The number of furan rings is 1. The molecule has 0 saturated heterocycles. The van der Waals surface area contributed by atoms with Gasteiger partial charge in [-0.05, 0) is 74.8 Å². The lowest BCUT2D eigenvalue weighted by Crippen LogP contribution is -2.11. The zero-order valence-electron chi connectivity index (χ0n) is 28.4. The summed E-state index contributed by atoms with van der Waals surface area (Å²) in [6.45, 7) is 0. The number of hydrogen-bond acceptors (Lipinski definition) is 2. The highest BCUT2D eigenvalue weighted by atomic mass is 16.3. The molecular weight excluding hydrogens is 631 g/mol. The molecule has 0 aliphatic rings. The van der Waals surface area contributed by atoms with Crippen LogP contribution in [0, 0.1) is 0 Å². The Morgan fingerprint density at radius 2 is 0.885 bits per heavy atom. The molecule has 0 bridgehead atoms. The third-order valence-electron chi connectivity index (χ3n) is 10.3. The Labute approximate surface area is 302 Å². The number of fused-ring (bicyclic) bond motifs is 6. The van der Waals surface area contributed by atoms with Crippen molar-refractivity contribution in [2.45, 2.75) is 0 Å². The van der Waals surface area contributed by atoms with Crippen molar-refractivity contribution in [1.29, 1.82) is 0 Å².